The Kier molecular flexibility index (Phi) is 5.71. The van der Waals surface area contributed by atoms with Gasteiger partial charge in [0.05, 0.1) is 12.7 Å². The van der Waals surface area contributed by atoms with Crippen molar-refractivity contribution in [3.63, 3.8) is 0 Å². The van der Waals surface area contributed by atoms with E-state index in [4.69, 9.17) is 19.0 Å². The maximum atomic E-state index is 9.07. The SMILES string of the molecule is CC1(C)O[C@H](CCCO)[C@@](C)(CO[Si](C)(C)C(C)(C)C)O1. The Balaban J connectivity index is 2.77. The molecule has 5 heteroatoms. The molecule has 0 spiro atoms. The molecule has 1 aliphatic heterocycles. The first-order valence-electron chi connectivity index (χ1n) is 7.96. The van der Waals surface area contributed by atoms with Crippen LogP contribution in [-0.2, 0) is 13.9 Å². The summed E-state index contributed by atoms with van der Waals surface area (Å²) >= 11 is 0. The number of rotatable bonds is 6. The second-order valence-electron chi connectivity index (χ2n) is 8.34. The fourth-order valence-electron chi connectivity index (χ4n) is 2.42. The fourth-order valence-corrected chi connectivity index (χ4v) is 3.50. The van der Waals surface area contributed by atoms with Crippen molar-refractivity contribution in [2.24, 2.45) is 0 Å². The molecule has 1 rings (SSSR count). The monoisotopic (exact) mass is 318 g/mol. The van der Waals surface area contributed by atoms with Crippen molar-refractivity contribution in [2.45, 2.75) is 90.0 Å². The third-order valence-electron chi connectivity index (χ3n) is 4.74. The minimum Gasteiger partial charge on any atom is -0.414 e. The van der Waals surface area contributed by atoms with E-state index in [-0.39, 0.29) is 17.7 Å². The van der Waals surface area contributed by atoms with E-state index in [1.807, 2.05) is 13.8 Å². The highest BCUT2D eigenvalue weighted by molar-refractivity contribution is 6.74. The van der Waals surface area contributed by atoms with Crippen molar-refractivity contribution < 1.29 is 19.0 Å². The van der Waals surface area contributed by atoms with E-state index in [2.05, 4.69) is 40.8 Å². The van der Waals surface area contributed by atoms with Crippen molar-refractivity contribution in [1.82, 2.24) is 0 Å². The van der Waals surface area contributed by atoms with Crippen molar-refractivity contribution in [1.29, 1.82) is 0 Å². The van der Waals surface area contributed by atoms with E-state index >= 15 is 0 Å². The smallest absolute Gasteiger partial charge is 0.192 e. The van der Waals surface area contributed by atoms with E-state index in [9.17, 15) is 0 Å². The van der Waals surface area contributed by atoms with Gasteiger partial charge in [-0.1, -0.05) is 20.8 Å². The van der Waals surface area contributed by atoms with Crippen molar-refractivity contribution >= 4 is 8.32 Å². The summed E-state index contributed by atoms with van der Waals surface area (Å²) in [7, 11) is -1.81. The van der Waals surface area contributed by atoms with Gasteiger partial charge in [-0.15, -0.1) is 0 Å². The highest BCUT2D eigenvalue weighted by atomic mass is 28.4. The molecule has 1 heterocycles. The Morgan fingerprint density at radius 2 is 1.76 bits per heavy atom. The van der Waals surface area contributed by atoms with Crippen LogP contribution < -0.4 is 0 Å². The normalized spacial score (nSPS) is 29.9. The molecule has 4 nitrogen and oxygen atoms in total. The number of hydrogen-bond acceptors (Lipinski definition) is 4. The van der Waals surface area contributed by atoms with Crippen LogP contribution in [0.3, 0.4) is 0 Å². The number of aliphatic hydroxyl groups excluding tert-OH is 1. The van der Waals surface area contributed by atoms with Crippen molar-refractivity contribution in [3.8, 4) is 0 Å². The van der Waals surface area contributed by atoms with Gasteiger partial charge in [0.25, 0.3) is 0 Å². The lowest BCUT2D eigenvalue weighted by Crippen LogP contribution is -2.49. The summed E-state index contributed by atoms with van der Waals surface area (Å²) < 4.78 is 18.5. The molecule has 0 aromatic heterocycles. The molecule has 2 atom stereocenters. The number of aliphatic hydroxyl groups is 1. The lowest BCUT2D eigenvalue weighted by molar-refractivity contribution is -0.165. The molecule has 0 bridgehead atoms. The highest BCUT2D eigenvalue weighted by Gasteiger charge is 2.51. The first kappa shape index (κ1) is 19.1. The molecule has 126 valence electrons. The average Bonchev–Trinajstić information content (AvgIpc) is 2.53. The molecule has 1 fully saturated rings. The lowest BCUT2D eigenvalue weighted by Gasteiger charge is -2.39. The lowest BCUT2D eigenvalue weighted by atomic mass is 9.96. The van der Waals surface area contributed by atoms with Gasteiger partial charge < -0.3 is 19.0 Å². The quantitative estimate of drug-likeness (QED) is 0.759. The van der Waals surface area contributed by atoms with Crippen LogP contribution in [0.25, 0.3) is 0 Å². The molecular formula is C16H34O4Si. The maximum absolute atomic E-state index is 9.07. The van der Waals surface area contributed by atoms with Crippen LogP contribution in [0.4, 0.5) is 0 Å². The third-order valence-corrected chi connectivity index (χ3v) is 9.21. The molecule has 1 saturated heterocycles. The van der Waals surface area contributed by atoms with Gasteiger partial charge in [-0.2, -0.15) is 0 Å². The molecule has 0 aromatic carbocycles. The Bertz CT molecular complexity index is 349. The minimum absolute atomic E-state index is 0.0376. The molecule has 0 radical (unpaired) electrons. The zero-order valence-corrected chi connectivity index (χ0v) is 16.1. The van der Waals surface area contributed by atoms with Gasteiger partial charge in [-0.05, 0) is 51.7 Å². The van der Waals surface area contributed by atoms with Gasteiger partial charge in [0.1, 0.15) is 5.60 Å². The maximum Gasteiger partial charge on any atom is 0.192 e. The zero-order valence-electron chi connectivity index (χ0n) is 15.1. The van der Waals surface area contributed by atoms with Crippen LogP contribution in [0.1, 0.15) is 54.4 Å². The largest absolute Gasteiger partial charge is 0.414 e. The summed E-state index contributed by atoms with van der Waals surface area (Å²) in [6, 6.07) is 0. The van der Waals surface area contributed by atoms with Crippen LogP contribution in [0.15, 0.2) is 0 Å². The topological polar surface area (TPSA) is 47.9 Å². The van der Waals surface area contributed by atoms with Crippen LogP contribution in [0.5, 0.6) is 0 Å². The molecule has 1 N–H and O–H groups in total. The first-order chi connectivity index (χ1) is 9.33. The average molecular weight is 319 g/mol. The molecule has 0 aromatic rings. The number of ether oxygens (including phenoxy) is 2. The predicted molar refractivity (Wildman–Crippen MR) is 87.9 cm³/mol. The molecule has 1 aliphatic rings. The first-order valence-corrected chi connectivity index (χ1v) is 10.9. The predicted octanol–water partition coefficient (Wildman–Crippen LogP) is 3.69. The van der Waals surface area contributed by atoms with Gasteiger partial charge in [0, 0.05) is 6.61 Å². The van der Waals surface area contributed by atoms with Gasteiger partial charge >= 0.3 is 0 Å². The van der Waals surface area contributed by atoms with E-state index in [0.29, 0.717) is 6.61 Å². The van der Waals surface area contributed by atoms with Gasteiger partial charge in [-0.3, -0.25) is 0 Å². The van der Waals surface area contributed by atoms with E-state index < -0.39 is 19.7 Å². The minimum atomic E-state index is -1.81. The summed E-state index contributed by atoms with van der Waals surface area (Å²) in [6.07, 6.45) is 1.47. The Hall–Kier alpha value is 0.0569. The van der Waals surface area contributed by atoms with Gasteiger partial charge in [0.15, 0.2) is 14.1 Å². The van der Waals surface area contributed by atoms with Crippen molar-refractivity contribution in [2.75, 3.05) is 13.2 Å². The highest BCUT2D eigenvalue weighted by Crippen LogP contribution is 2.41. The van der Waals surface area contributed by atoms with Crippen molar-refractivity contribution in [3.05, 3.63) is 0 Å². The molecule has 0 unspecified atom stereocenters. The Morgan fingerprint density at radius 1 is 1.19 bits per heavy atom. The molecule has 0 saturated carbocycles. The van der Waals surface area contributed by atoms with Crippen LogP contribution >= 0.6 is 0 Å². The summed E-state index contributed by atoms with van der Waals surface area (Å²) in [4.78, 5) is 0. The molecule has 21 heavy (non-hydrogen) atoms. The fraction of sp³-hybridized carbons (Fsp3) is 1.00. The standard InChI is InChI=1S/C16H34O4Si/c1-14(2,3)21(7,8)18-12-16(6)13(10-9-11-17)19-15(4,5)20-16/h13,17H,9-12H2,1-8H3/t13-,16-/m1/s1. The Labute approximate surface area is 131 Å². The van der Waals surface area contributed by atoms with Crippen LogP contribution in [-0.4, -0.2) is 44.1 Å². The second-order valence-corrected chi connectivity index (χ2v) is 13.1. The van der Waals surface area contributed by atoms with Crippen LogP contribution in [0, 0.1) is 0 Å². The third kappa shape index (κ3) is 4.76. The van der Waals surface area contributed by atoms with Gasteiger partial charge in [-0.25, -0.2) is 0 Å². The Morgan fingerprint density at radius 3 is 2.24 bits per heavy atom. The summed E-state index contributed by atoms with van der Waals surface area (Å²) in [5.41, 5.74) is -0.450. The van der Waals surface area contributed by atoms with E-state index in [0.717, 1.165) is 12.8 Å². The summed E-state index contributed by atoms with van der Waals surface area (Å²) in [5, 5.41) is 9.25. The van der Waals surface area contributed by atoms with E-state index in [1.165, 1.54) is 0 Å². The number of hydrogen-bond donors (Lipinski definition) is 1. The molecule has 0 amide bonds. The second kappa shape index (κ2) is 6.28. The molecular weight excluding hydrogens is 284 g/mol. The summed E-state index contributed by atoms with van der Waals surface area (Å²) in [6.45, 7) is 17.9. The molecule has 0 aliphatic carbocycles. The zero-order chi connectivity index (χ0) is 16.5. The summed E-state index contributed by atoms with van der Waals surface area (Å²) in [5.74, 6) is -0.592. The van der Waals surface area contributed by atoms with Crippen LogP contribution in [0.2, 0.25) is 18.1 Å². The van der Waals surface area contributed by atoms with Gasteiger partial charge in [0.2, 0.25) is 0 Å². The van der Waals surface area contributed by atoms with E-state index in [1.54, 1.807) is 0 Å².